The van der Waals surface area contributed by atoms with Crippen molar-refractivity contribution in [3.63, 3.8) is 0 Å². The monoisotopic (exact) mass is 266 g/mol. The van der Waals surface area contributed by atoms with Gasteiger partial charge in [0.25, 0.3) is 0 Å². The highest BCUT2D eigenvalue weighted by Crippen LogP contribution is 2.28. The Balaban J connectivity index is 2.00. The quantitative estimate of drug-likeness (QED) is 0.477. The standard InChI is InChI=1S/C13H11ClO4/c14-12(15)5-6-13(16)18-10-3-4-11-9(8-10)2-1-7-17-11/h1-4,8H,5-7H2. The number of carbonyl (C=O) groups excluding carboxylic acids is 2. The molecule has 1 aromatic carbocycles. The van der Waals surface area contributed by atoms with Gasteiger partial charge in [-0.3, -0.25) is 9.59 Å². The van der Waals surface area contributed by atoms with E-state index in [1.807, 2.05) is 12.2 Å². The molecule has 0 saturated heterocycles. The minimum absolute atomic E-state index is 0.0195. The molecule has 1 aliphatic heterocycles. The summed E-state index contributed by atoms with van der Waals surface area (Å²) in [6.07, 6.45) is 3.73. The van der Waals surface area contributed by atoms with Gasteiger partial charge in [0.15, 0.2) is 0 Å². The summed E-state index contributed by atoms with van der Waals surface area (Å²) < 4.78 is 10.5. The van der Waals surface area contributed by atoms with Gasteiger partial charge in [0.05, 0.1) is 6.42 Å². The largest absolute Gasteiger partial charge is 0.489 e. The van der Waals surface area contributed by atoms with Crippen molar-refractivity contribution in [2.24, 2.45) is 0 Å². The molecule has 0 unspecified atom stereocenters. The van der Waals surface area contributed by atoms with Crippen molar-refractivity contribution in [1.29, 1.82) is 0 Å². The molecule has 1 aromatic rings. The van der Waals surface area contributed by atoms with Gasteiger partial charge in [0, 0.05) is 12.0 Å². The van der Waals surface area contributed by atoms with E-state index >= 15 is 0 Å². The number of fused-ring (bicyclic) bond motifs is 1. The van der Waals surface area contributed by atoms with E-state index in [1.54, 1.807) is 18.2 Å². The second kappa shape index (κ2) is 5.69. The van der Waals surface area contributed by atoms with Crippen molar-refractivity contribution in [2.45, 2.75) is 12.8 Å². The third-order valence-electron chi connectivity index (χ3n) is 2.37. The van der Waals surface area contributed by atoms with E-state index in [9.17, 15) is 9.59 Å². The van der Waals surface area contributed by atoms with Gasteiger partial charge in [0.1, 0.15) is 18.1 Å². The van der Waals surface area contributed by atoms with E-state index < -0.39 is 11.2 Å². The van der Waals surface area contributed by atoms with Gasteiger partial charge in [-0.15, -0.1) is 0 Å². The number of benzene rings is 1. The maximum atomic E-state index is 11.4. The summed E-state index contributed by atoms with van der Waals surface area (Å²) in [6, 6.07) is 5.11. The Labute approximate surface area is 109 Å². The Morgan fingerprint density at radius 2 is 2.17 bits per heavy atom. The molecule has 1 aliphatic rings. The first kappa shape index (κ1) is 12.6. The minimum atomic E-state index is -0.547. The zero-order valence-electron chi connectivity index (χ0n) is 9.52. The molecular weight excluding hydrogens is 256 g/mol. The van der Waals surface area contributed by atoms with Crippen LogP contribution in [0, 0.1) is 0 Å². The van der Waals surface area contributed by atoms with E-state index in [4.69, 9.17) is 21.1 Å². The number of hydrogen-bond donors (Lipinski definition) is 0. The molecule has 2 rings (SSSR count). The summed E-state index contributed by atoms with van der Waals surface area (Å²) >= 11 is 5.15. The first-order valence-corrected chi connectivity index (χ1v) is 5.85. The van der Waals surface area contributed by atoms with Crippen molar-refractivity contribution in [3.05, 3.63) is 29.8 Å². The van der Waals surface area contributed by atoms with Gasteiger partial charge >= 0.3 is 5.97 Å². The Morgan fingerprint density at radius 1 is 1.33 bits per heavy atom. The van der Waals surface area contributed by atoms with Crippen LogP contribution in [0.5, 0.6) is 11.5 Å². The molecule has 0 aromatic heterocycles. The Morgan fingerprint density at radius 3 is 2.94 bits per heavy atom. The van der Waals surface area contributed by atoms with Crippen LogP contribution in [0.25, 0.3) is 6.08 Å². The fourth-order valence-electron chi connectivity index (χ4n) is 1.55. The van der Waals surface area contributed by atoms with Crippen LogP contribution in [0.2, 0.25) is 0 Å². The molecule has 94 valence electrons. The van der Waals surface area contributed by atoms with E-state index in [0.29, 0.717) is 12.4 Å². The zero-order chi connectivity index (χ0) is 13.0. The molecule has 0 bridgehead atoms. The summed E-state index contributed by atoms with van der Waals surface area (Å²) in [5.41, 5.74) is 0.861. The molecule has 4 nitrogen and oxygen atoms in total. The molecule has 0 saturated carbocycles. The average Bonchev–Trinajstić information content (AvgIpc) is 2.36. The van der Waals surface area contributed by atoms with Crippen LogP contribution >= 0.6 is 11.6 Å². The summed E-state index contributed by atoms with van der Waals surface area (Å²) in [6.45, 7) is 0.546. The molecule has 0 radical (unpaired) electrons. The highest BCUT2D eigenvalue weighted by atomic mass is 35.5. The van der Waals surface area contributed by atoms with Crippen LogP contribution < -0.4 is 9.47 Å². The molecule has 0 fully saturated rings. The first-order valence-electron chi connectivity index (χ1n) is 5.47. The molecule has 0 atom stereocenters. The highest BCUT2D eigenvalue weighted by molar-refractivity contribution is 6.63. The van der Waals surface area contributed by atoms with Crippen LogP contribution in [0.3, 0.4) is 0 Å². The summed E-state index contributed by atoms with van der Waals surface area (Å²) in [7, 11) is 0. The zero-order valence-corrected chi connectivity index (χ0v) is 10.3. The molecule has 0 spiro atoms. The third kappa shape index (κ3) is 3.34. The Bertz CT molecular complexity index is 508. The van der Waals surface area contributed by atoms with Gasteiger partial charge in [-0.1, -0.05) is 6.08 Å². The summed E-state index contributed by atoms with van der Waals surface area (Å²) in [5, 5.41) is -0.547. The number of ether oxygens (including phenoxy) is 2. The maximum Gasteiger partial charge on any atom is 0.311 e. The second-order valence-corrected chi connectivity index (χ2v) is 4.16. The lowest BCUT2D eigenvalue weighted by Crippen LogP contribution is -2.09. The molecule has 0 aliphatic carbocycles. The first-order chi connectivity index (χ1) is 8.65. The van der Waals surface area contributed by atoms with E-state index in [0.717, 1.165) is 11.3 Å². The van der Waals surface area contributed by atoms with Crippen molar-refractivity contribution in [2.75, 3.05) is 6.61 Å². The smallest absolute Gasteiger partial charge is 0.311 e. The van der Waals surface area contributed by atoms with Crippen molar-refractivity contribution in [1.82, 2.24) is 0 Å². The predicted molar refractivity (Wildman–Crippen MR) is 66.7 cm³/mol. The maximum absolute atomic E-state index is 11.4. The fourth-order valence-corrected chi connectivity index (χ4v) is 1.64. The number of rotatable bonds is 4. The molecule has 18 heavy (non-hydrogen) atoms. The average molecular weight is 267 g/mol. The van der Waals surface area contributed by atoms with Crippen LogP contribution in [0.4, 0.5) is 0 Å². The predicted octanol–water partition coefficient (Wildman–Crippen LogP) is 2.54. The molecular formula is C13H11ClO4. The minimum Gasteiger partial charge on any atom is -0.489 e. The molecule has 5 heteroatoms. The second-order valence-electron chi connectivity index (χ2n) is 3.74. The normalized spacial score (nSPS) is 12.5. The molecule has 0 N–H and O–H groups in total. The fraction of sp³-hybridized carbons (Fsp3) is 0.231. The number of esters is 1. The van der Waals surface area contributed by atoms with Gasteiger partial charge in [-0.05, 0) is 35.9 Å². The van der Waals surface area contributed by atoms with Crippen LogP contribution in [-0.4, -0.2) is 17.8 Å². The number of hydrogen-bond acceptors (Lipinski definition) is 4. The Kier molecular flexibility index (Phi) is 3.99. The molecule has 0 amide bonds. The van der Waals surface area contributed by atoms with E-state index in [2.05, 4.69) is 0 Å². The van der Waals surface area contributed by atoms with Gasteiger partial charge < -0.3 is 9.47 Å². The van der Waals surface area contributed by atoms with Gasteiger partial charge in [-0.2, -0.15) is 0 Å². The Hall–Kier alpha value is -1.81. The SMILES string of the molecule is O=C(Cl)CCC(=O)Oc1ccc2c(c1)C=CCO2. The van der Waals surface area contributed by atoms with Gasteiger partial charge in [0.2, 0.25) is 5.24 Å². The van der Waals surface area contributed by atoms with Crippen molar-refractivity contribution in [3.8, 4) is 11.5 Å². The summed E-state index contributed by atoms with van der Waals surface area (Å²) in [4.78, 5) is 21.9. The van der Waals surface area contributed by atoms with Crippen molar-refractivity contribution >= 4 is 28.9 Å². The van der Waals surface area contributed by atoms with Crippen molar-refractivity contribution < 1.29 is 19.1 Å². The summed E-state index contributed by atoms with van der Waals surface area (Å²) in [5.74, 6) is 0.703. The lowest BCUT2D eigenvalue weighted by atomic mass is 10.1. The van der Waals surface area contributed by atoms with E-state index in [-0.39, 0.29) is 12.8 Å². The molecule has 1 heterocycles. The number of carbonyl (C=O) groups is 2. The van der Waals surface area contributed by atoms with Gasteiger partial charge in [-0.25, -0.2) is 0 Å². The van der Waals surface area contributed by atoms with Crippen LogP contribution in [-0.2, 0) is 9.59 Å². The number of halogens is 1. The lowest BCUT2D eigenvalue weighted by molar-refractivity contribution is -0.135. The topological polar surface area (TPSA) is 52.6 Å². The third-order valence-corrected chi connectivity index (χ3v) is 2.56. The van der Waals surface area contributed by atoms with E-state index in [1.165, 1.54) is 0 Å². The van der Waals surface area contributed by atoms with Crippen LogP contribution in [0.15, 0.2) is 24.3 Å². The van der Waals surface area contributed by atoms with Crippen LogP contribution in [0.1, 0.15) is 18.4 Å². The lowest BCUT2D eigenvalue weighted by Gasteiger charge is -2.13. The highest BCUT2D eigenvalue weighted by Gasteiger charge is 2.10.